The molecular formula is C19H22FNOS. The Balaban J connectivity index is 1.82. The van der Waals surface area contributed by atoms with Crippen molar-refractivity contribution in [2.45, 2.75) is 36.2 Å². The minimum Gasteiger partial charge on any atom is -0.396 e. The minimum absolute atomic E-state index is 0.158. The lowest BCUT2D eigenvalue weighted by atomic mass is 9.97. The number of benzene rings is 2. The van der Waals surface area contributed by atoms with Gasteiger partial charge < -0.3 is 10.4 Å². The predicted molar refractivity (Wildman–Crippen MR) is 93.1 cm³/mol. The van der Waals surface area contributed by atoms with Crippen molar-refractivity contribution < 1.29 is 9.50 Å². The smallest absolute Gasteiger partial charge is 0.123 e. The fourth-order valence-corrected chi connectivity index (χ4v) is 4.21. The van der Waals surface area contributed by atoms with Crippen LogP contribution in [0.3, 0.4) is 0 Å². The molecule has 23 heavy (non-hydrogen) atoms. The van der Waals surface area contributed by atoms with Gasteiger partial charge in [-0.3, -0.25) is 0 Å². The zero-order valence-corrected chi connectivity index (χ0v) is 13.9. The number of hydrogen-bond acceptors (Lipinski definition) is 3. The number of thioether (sulfide) groups is 1. The van der Waals surface area contributed by atoms with Gasteiger partial charge in [-0.2, -0.15) is 0 Å². The van der Waals surface area contributed by atoms with E-state index < -0.39 is 0 Å². The van der Waals surface area contributed by atoms with Crippen LogP contribution in [0.15, 0.2) is 53.4 Å². The van der Waals surface area contributed by atoms with Crippen molar-refractivity contribution in [2.75, 3.05) is 12.4 Å². The van der Waals surface area contributed by atoms with Crippen LogP contribution in [-0.4, -0.2) is 17.5 Å². The number of rotatable bonds is 6. The molecule has 1 heterocycles. The molecule has 2 nitrogen and oxygen atoms in total. The van der Waals surface area contributed by atoms with Crippen LogP contribution in [-0.2, 0) is 0 Å². The first kappa shape index (κ1) is 16.5. The van der Waals surface area contributed by atoms with Crippen LogP contribution in [0.2, 0.25) is 0 Å². The van der Waals surface area contributed by atoms with Gasteiger partial charge in [0, 0.05) is 23.6 Å². The summed E-state index contributed by atoms with van der Waals surface area (Å²) in [5.74, 6) is 0.863. The highest BCUT2D eigenvalue weighted by molar-refractivity contribution is 7.99. The van der Waals surface area contributed by atoms with Crippen LogP contribution in [0.5, 0.6) is 0 Å². The molecule has 0 aliphatic carbocycles. The monoisotopic (exact) mass is 331 g/mol. The molecule has 122 valence electrons. The lowest BCUT2D eigenvalue weighted by molar-refractivity contribution is 0.271. The van der Waals surface area contributed by atoms with E-state index in [-0.39, 0.29) is 24.5 Å². The largest absolute Gasteiger partial charge is 0.396 e. The van der Waals surface area contributed by atoms with E-state index in [1.54, 1.807) is 17.8 Å². The molecule has 0 aromatic heterocycles. The van der Waals surface area contributed by atoms with Crippen LogP contribution in [0.1, 0.15) is 42.5 Å². The van der Waals surface area contributed by atoms with E-state index in [2.05, 4.69) is 17.4 Å². The van der Waals surface area contributed by atoms with E-state index >= 15 is 0 Å². The Morgan fingerprint density at radius 3 is 2.83 bits per heavy atom. The number of nitrogens with one attached hydrogen (secondary N) is 1. The third-order valence-electron chi connectivity index (χ3n) is 4.27. The lowest BCUT2D eigenvalue weighted by Gasteiger charge is -2.30. The van der Waals surface area contributed by atoms with Crippen molar-refractivity contribution in [1.82, 2.24) is 5.32 Å². The Morgan fingerprint density at radius 2 is 2.04 bits per heavy atom. The first-order valence-corrected chi connectivity index (χ1v) is 9.10. The third-order valence-corrected chi connectivity index (χ3v) is 5.39. The average Bonchev–Trinajstić information content (AvgIpc) is 2.59. The van der Waals surface area contributed by atoms with E-state index in [1.807, 2.05) is 24.3 Å². The second-order valence-electron chi connectivity index (χ2n) is 5.87. The van der Waals surface area contributed by atoms with Gasteiger partial charge >= 0.3 is 0 Å². The maximum absolute atomic E-state index is 13.7. The van der Waals surface area contributed by atoms with E-state index in [4.69, 9.17) is 0 Å². The van der Waals surface area contributed by atoms with E-state index in [0.29, 0.717) is 0 Å². The quantitative estimate of drug-likeness (QED) is 0.819. The SMILES string of the molecule is OCCCC(NC1CCSc2ccc(F)cc21)c1ccccc1. The van der Waals surface area contributed by atoms with Gasteiger partial charge in [-0.15, -0.1) is 11.8 Å². The highest BCUT2D eigenvalue weighted by Crippen LogP contribution is 2.38. The molecule has 2 N–H and O–H groups in total. The zero-order chi connectivity index (χ0) is 16.1. The van der Waals surface area contributed by atoms with Crippen molar-refractivity contribution in [3.05, 3.63) is 65.5 Å². The lowest BCUT2D eigenvalue weighted by Crippen LogP contribution is -2.29. The zero-order valence-electron chi connectivity index (χ0n) is 13.0. The summed E-state index contributed by atoms with van der Waals surface area (Å²) in [6.07, 6.45) is 2.61. The molecule has 4 heteroatoms. The predicted octanol–water partition coefficient (Wildman–Crippen LogP) is 4.47. The summed E-state index contributed by atoms with van der Waals surface area (Å²) >= 11 is 1.80. The minimum atomic E-state index is -0.176. The summed E-state index contributed by atoms with van der Waals surface area (Å²) in [4.78, 5) is 1.17. The second-order valence-corrected chi connectivity index (χ2v) is 7.00. The van der Waals surface area contributed by atoms with E-state index in [9.17, 15) is 9.50 Å². The van der Waals surface area contributed by atoms with Crippen molar-refractivity contribution in [2.24, 2.45) is 0 Å². The fourth-order valence-electron chi connectivity index (χ4n) is 3.11. The topological polar surface area (TPSA) is 32.3 Å². The van der Waals surface area contributed by atoms with Crippen molar-refractivity contribution in [3.63, 3.8) is 0 Å². The summed E-state index contributed by atoms with van der Waals surface area (Å²) in [6, 6.07) is 15.7. The summed E-state index contributed by atoms with van der Waals surface area (Å²) < 4.78 is 13.7. The molecule has 1 aliphatic rings. The second kappa shape index (κ2) is 7.95. The van der Waals surface area contributed by atoms with E-state index in [0.717, 1.165) is 30.6 Å². The molecule has 0 bridgehead atoms. The molecule has 2 atom stereocenters. The molecule has 0 saturated carbocycles. The molecule has 2 aromatic carbocycles. The Labute approximate surface area is 141 Å². The van der Waals surface area contributed by atoms with Gasteiger partial charge in [0.05, 0.1) is 0 Å². The number of aliphatic hydroxyl groups is 1. The first-order valence-electron chi connectivity index (χ1n) is 8.12. The maximum Gasteiger partial charge on any atom is 0.123 e. The molecule has 3 rings (SSSR count). The average molecular weight is 331 g/mol. The molecule has 2 unspecified atom stereocenters. The van der Waals surface area contributed by atoms with E-state index in [1.165, 1.54) is 16.5 Å². The molecular weight excluding hydrogens is 309 g/mol. The highest BCUT2D eigenvalue weighted by Gasteiger charge is 2.24. The standard InChI is InChI=1S/C19H22FNOS/c20-15-8-9-19-16(13-15)18(10-12-23-19)21-17(7-4-11-22)14-5-2-1-3-6-14/h1-3,5-6,8-9,13,17-18,21-22H,4,7,10-12H2. The Hall–Kier alpha value is -1.36. The number of fused-ring (bicyclic) bond motifs is 1. The maximum atomic E-state index is 13.7. The van der Waals surface area contributed by atoms with Gasteiger partial charge in [0.25, 0.3) is 0 Å². The van der Waals surface area contributed by atoms with Gasteiger partial charge in [-0.1, -0.05) is 30.3 Å². The molecule has 2 aromatic rings. The summed E-state index contributed by atoms with van der Waals surface area (Å²) in [7, 11) is 0. The molecule has 0 spiro atoms. The first-order chi connectivity index (χ1) is 11.3. The molecule has 0 radical (unpaired) electrons. The molecule has 1 aliphatic heterocycles. The Morgan fingerprint density at radius 1 is 1.22 bits per heavy atom. The van der Waals surface area contributed by atoms with Gasteiger partial charge in [-0.25, -0.2) is 4.39 Å². The fraction of sp³-hybridized carbons (Fsp3) is 0.368. The Kier molecular flexibility index (Phi) is 5.70. The third kappa shape index (κ3) is 4.14. The van der Waals surface area contributed by atoms with Gasteiger partial charge in [0.15, 0.2) is 0 Å². The Bertz CT molecular complexity index is 635. The summed E-state index contributed by atoms with van der Waals surface area (Å²) in [5, 5.41) is 12.9. The van der Waals surface area contributed by atoms with Crippen LogP contribution in [0, 0.1) is 5.82 Å². The number of hydrogen-bond donors (Lipinski definition) is 2. The van der Waals surface area contributed by atoms with Gasteiger partial charge in [-0.05, 0) is 54.3 Å². The van der Waals surface area contributed by atoms with Gasteiger partial charge in [0.2, 0.25) is 0 Å². The van der Waals surface area contributed by atoms with Crippen LogP contribution >= 0.6 is 11.8 Å². The normalized spacial score (nSPS) is 18.4. The van der Waals surface area contributed by atoms with Crippen LogP contribution < -0.4 is 5.32 Å². The molecule has 0 fully saturated rings. The van der Waals surface area contributed by atoms with Crippen molar-refractivity contribution in [3.8, 4) is 0 Å². The van der Waals surface area contributed by atoms with Crippen LogP contribution in [0.4, 0.5) is 4.39 Å². The van der Waals surface area contributed by atoms with Crippen LogP contribution in [0.25, 0.3) is 0 Å². The van der Waals surface area contributed by atoms with Crippen molar-refractivity contribution >= 4 is 11.8 Å². The number of halogens is 1. The van der Waals surface area contributed by atoms with Crippen molar-refractivity contribution in [1.29, 1.82) is 0 Å². The highest BCUT2D eigenvalue weighted by atomic mass is 32.2. The summed E-state index contributed by atoms with van der Waals surface area (Å²) in [6.45, 7) is 0.191. The summed E-state index contributed by atoms with van der Waals surface area (Å²) in [5.41, 5.74) is 2.28. The molecule has 0 amide bonds. The number of aliphatic hydroxyl groups excluding tert-OH is 1. The molecule has 0 saturated heterocycles. The van der Waals surface area contributed by atoms with Gasteiger partial charge in [0.1, 0.15) is 5.82 Å².